The standard InChI is InChI=1S/C13H8BrClFNO2/c14-12-9(15)2-1-3-10(12)17-11-6-7(16)4-5-8(11)13(18)19/h1-6,17H,(H,18,19). The number of rotatable bonds is 3. The number of carbonyl (C=O) groups is 1. The van der Waals surface area contributed by atoms with E-state index in [4.69, 9.17) is 16.7 Å². The van der Waals surface area contributed by atoms with Gasteiger partial charge in [-0.2, -0.15) is 0 Å². The summed E-state index contributed by atoms with van der Waals surface area (Å²) in [7, 11) is 0. The molecule has 0 amide bonds. The Morgan fingerprint density at radius 2 is 2.00 bits per heavy atom. The molecule has 0 radical (unpaired) electrons. The van der Waals surface area contributed by atoms with Crippen molar-refractivity contribution in [1.82, 2.24) is 0 Å². The van der Waals surface area contributed by atoms with Crippen molar-refractivity contribution >= 4 is 44.9 Å². The second-order valence-corrected chi connectivity index (χ2v) is 4.92. The van der Waals surface area contributed by atoms with Gasteiger partial charge in [-0.25, -0.2) is 9.18 Å². The van der Waals surface area contributed by atoms with Crippen LogP contribution in [0.3, 0.4) is 0 Å². The van der Waals surface area contributed by atoms with E-state index < -0.39 is 11.8 Å². The van der Waals surface area contributed by atoms with E-state index in [9.17, 15) is 9.18 Å². The largest absolute Gasteiger partial charge is 0.478 e. The fourth-order valence-corrected chi connectivity index (χ4v) is 2.09. The summed E-state index contributed by atoms with van der Waals surface area (Å²) in [5.41, 5.74) is 0.698. The van der Waals surface area contributed by atoms with E-state index in [1.54, 1.807) is 18.2 Å². The van der Waals surface area contributed by atoms with Crippen LogP contribution in [-0.4, -0.2) is 11.1 Å². The molecule has 2 N–H and O–H groups in total. The van der Waals surface area contributed by atoms with Crippen molar-refractivity contribution in [1.29, 1.82) is 0 Å². The average Bonchev–Trinajstić information content (AvgIpc) is 2.35. The van der Waals surface area contributed by atoms with Crippen LogP contribution in [-0.2, 0) is 0 Å². The molecule has 0 atom stereocenters. The Hall–Kier alpha value is -1.59. The number of nitrogens with one attached hydrogen (secondary N) is 1. The molecule has 0 aliphatic heterocycles. The lowest BCUT2D eigenvalue weighted by Crippen LogP contribution is -2.03. The molecule has 98 valence electrons. The maximum absolute atomic E-state index is 13.2. The van der Waals surface area contributed by atoms with Gasteiger partial charge in [0.2, 0.25) is 0 Å². The van der Waals surface area contributed by atoms with E-state index >= 15 is 0 Å². The Labute approximate surface area is 122 Å². The highest BCUT2D eigenvalue weighted by molar-refractivity contribution is 9.10. The third kappa shape index (κ3) is 3.05. The lowest BCUT2D eigenvalue weighted by molar-refractivity contribution is 0.0698. The Morgan fingerprint density at radius 3 is 2.68 bits per heavy atom. The zero-order chi connectivity index (χ0) is 14.0. The van der Waals surface area contributed by atoms with Crippen molar-refractivity contribution in [2.75, 3.05) is 5.32 Å². The summed E-state index contributed by atoms with van der Waals surface area (Å²) in [6.07, 6.45) is 0. The van der Waals surface area contributed by atoms with Crippen LogP contribution < -0.4 is 5.32 Å². The molecule has 0 saturated carbocycles. The van der Waals surface area contributed by atoms with E-state index in [1.807, 2.05) is 0 Å². The van der Waals surface area contributed by atoms with Gasteiger partial charge in [0.1, 0.15) is 5.82 Å². The summed E-state index contributed by atoms with van der Waals surface area (Å²) < 4.78 is 13.8. The maximum Gasteiger partial charge on any atom is 0.337 e. The first-order valence-electron chi connectivity index (χ1n) is 5.23. The number of hydrogen-bond donors (Lipinski definition) is 2. The molecule has 0 aliphatic rings. The van der Waals surface area contributed by atoms with Crippen LogP contribution in [0.5, 0.6) is 0 Å². The Kier molecular flexibility index (Phi) is 4.07. The van der Waals surface area contributed by atoms with E-state index in [0.717, 1.165) is 12.1 Å². The molecule has 2 aromatic carbocycles. The van der Waals surface area contributed by atoms with Crippen molar-refractivity contribution in [2.45, 2.75) is 0 Å². The number of halogens is 3. The number of aromatic carboxylic acids is 1. The van der Waals surface area contributed by atoms with Crippen LogP contribution in [0.25, 0.3) is 0 Å². The second kappa shape index (κ2) is 5.59. The number of benzene rings is 2. The fraction of sp³-hybridized carbons (Fsp3) is 0. The summed E-state index contributed by atoms with van der Waals surface area (Å²) >= 11 is 9.22. The zero-order valence-corrected chi connectivity index (χ0v) is 11.8. The molecular weight excluding hydrogens is 337 g/mol. The van der Waals surface area contributed by atoms with Crippen molar-refractivity contribution < 1.29 is 14.3 Å². The lowest BCUT2D eigenvalue weighted by atomic mass is 10.1. The summed E-state index contributed by atoms with van der Waals surface area (Å²) in [6.45, 7) is 0. The first kappa shape index (κ1) is 13.8. The molecule has 2 rings (SSSR count). The summed E-state index contributed by atoms with van der Waals surface area (Å²) in [6, 6.07) is 8.51. The third-order valence-electron chi connectivity index (χ3n) is 2.43. The Bertz CT molecular complexity index is 649. The van der Waals surface area contributed by atoms with Crippen molar-refractivity contribution in [3.05, 3.63) is 57.3 Å². The van der Waals surface area contributed by atoms with Gasteiger partial charge >= 0.3 is 5.97 Å². The molecule has 0 aromatic heterocycles. The third-order valence-corrected chi connectivity index (χ3v) is 3.83. The van der Waals surface area contributed by atoms with Crippen LogP contribution >= 0.6 is 27.5 Å². The van der Waals surface area contributed by atoms with Crippen molar-refractivity contribution in [2.24, 2.45) is 0 Å². The number of carboxylic acids is 1. The molecule has 19 heavy (non-hydrogen) atoms. The first-order valence-corrected chi connectivity index (χ1v) is 6.40. The number of anilines is 2. The number of hydrogen-bond acceptors (Lipinski definition) is 2. The lowest BCUT2D eigenvalue weighted by Gasteiger charge is -2.12. The monoisotopic (exact) mass is 343 g/mol. The number of carboxylic acid groups (broad SMARTS) is 1. The van der Waals surface area contributed by atoms with Gasteiger partial charge in [-0.1, -0.05) is 17.7 Å². The first-order chi connectivity index (χ1) is 8.99. The van der Waals surface area contributed by atoms with Crippen LogP contribution in [0.4, 0.5) is 15.8 Å². The highest BCUT2D eigenvalue weighted by atomic mass is 79.9. The molecular formula is C13H8BrClFNO2. The molecule has 0 bridgehead atoms. The smallest absolute Gasteiger partial charge is 0.337 e. The van der Waals surface area contributed by atoms with E-state index in [1.165, 1.54) is 6.07 Å². The average molecular weight is 345 g/mol. The van der Waals surface area contributed by atoms with Gasteiger partial charge in [0, 0.05) is 0 Å². The Morgan fingerprint density at radius 1 is 1.26 bits per heavy atom. The van der Waals surface area contributed by atoms with E-state index in [0.29, 0.717) is 15.2 Å². The predicted octanol–water partition coefficient (Wildman–Crippen LogP) is 4.68. The topological polar surface area (TPSA) is 49.3 Å². The van der Waals surface area contributed by atoms with Crippen LogP contribution in [0.2, 0.25) is 5.02 Å². The molecule has 0 unspecified atom stereocenters. The molecule has 0 spiro atoms. The quantitative estimate of drug-likeness (QED) is 0.849. The predicted molar refractivity (Wildman–Crippen MR) is 75.8 cm³/mol. The minimum atomic E-state index is -1.14. The van der Waals surface area contributed by atoms with Gasteiger partial charge < -0.3 is 10.4 Å². The van der Waals surface area contributed by atoms with Gasteiger partial charge in [0.25, 0.3) is 0 Å². The summed E-state index contributed by atoms with van der Waals surface area (Å²) in [4.78, 5) is 11.1. The van der Waals surface area contributed by atoms with Gasteiger partial charge in [0.05, 0.1) is 26.4 Å². The van der Waals surface area contributed by atoms with E-state index in [-0.39, 0.29) is 11.3 Å². The van der Waals surface area contributed by atoms with Crippen molar-refractivity contribution in [3.8, 4) is 0 Å². The van der Waals surface area contributed by atoms with Crippen LogP contribution in [0, 0.1) is 5.82 Å². The molecule has 0 heterocycles. The second-order valence-electron chi connectivity index (χ2n) is 3.72. The molecule has 3 nitrogen and oxygen atoms in total. The van der Waals surface area contributed by atoms with Crippen LogP contribution in [0.1, 0.15) is 10.4 Å². The van der Waals surface area contributed by atoms with Gasteiger partial charge in [-0.3, -0.25) is 0 Å². The van der Waals surface area contributed by atoms with Gasteiger partial charge in [-0.15, -0.1) is 0 Å². The van der Waals surface area contributed by atoms with Crippen LogP contribution in [0.15, 0.2) is 40.9 Å². The van der Waals surface area contributed by atoms with E-state index in [2.05, 4.69) is 21.2 Å². The Balaban J connectivity index is 2.45. The fourth-order valence-electron chi connectivity index (χ4n) is 1.55. The van der Waals surface area contributed by atoms with Gasteiger partial charge in [-0.05, 0) is 46.3 Å². The summed E-state index contributed by atoms with van der Waals surface area (Å²) in [5, 5.41) is 12.4. The summed E-state index contributed by atoms with van der Waals surface area (Å²) in [5.74, 6) is -1.66. The molecule has 0 fully saturated rings. The zero-order valence-electron chi connectivity index (χ0n) is 9.45. The highest BCUT2D eigenvalue weighted by Gasteiger charge is 2.13. The molecule has 0 aliphatic carbocycles. The van der Waals surface area contributed by atoms with Gasteiger partial charge in [0.15, 0.2) is 0 Å². The molecule has 0 saturated heterocycles. The maximum atomic E-state index is 13.2. The van der Waals surface area contributed by atoms with Crippen molar-refractivity contribution in [3.63, 3.8) is 0 Å². The normalized spacial score (nSPS) is 10.3. The molecule has 6 heteroatoms. The SMILES string of the molecule is O=C(O)c1ccc(F)cc1Nc1cccc(Cl)c1Br. The molecule has 2 aromatic rings. The minimum absolute atomic E-state index is 0.0201. The highest BCUT2D eigenvalue weighted by Crippen LogP contribution is 2.33. The minimum Gasteiger partial charge on any atom is -0.478 e.